The van der Waals surface area contributed by atoms with Gasteiger partial charge in [-0.25, -0.2) is 22.9 Å². The molecule has 1 fully saturated rings. The Balaban J connectivity index is 1.52. The number of anilines is 1. The molecule has 0 saturated heterocycles. The lowest BCUT2D eigenvalue weighted by Crippen LogP contribution is -2.45. The Morgan fingerprint density at radius 2 is 1.65 bits per heavy atom. The topological polar surface area (TPSA) is 164 Å². The number of hydrogen-bond donors (Lipinski definition) is 3. The molecule has 1 aliphatic rings. The minimum atomic E-state index is -3.76. The van der Waals surface area contributed by atoms with Crippen molar-refractivity contribution in [3.8, 4) is 16.9 Å². The van der Waals surface area contributed by atoms with Gasteiger partial charge < -0.3 is 24.5 Å². The quantitative estimate of drug-likeness (QED) is 0.142. The summed E-state index contributed by atoms with van der Waals surface area (Å²) < 4.78 is 38.7. The third kappa shape index (κ3) is 11.6. The first kappa shape index (κ1) is 40.5. The molecule has 1 heterocycles. The van der Waals surface area contributed by atoms with Gasteiger partial charge in [0.05, 0.1) is 30.6 Å². The van der Waals surface area contributed by atoms with Crippen LogP contribution >= 0.6 is 0 Å². The number of amides is 3. The molecule has 52 heavy (non-hydrogen) atoms. The second kappa shape index (κ2) is 17.0. The van der Waals surface area contributed by atoms with Crippen molar-refractivity contribution < 1.29 is 37.1 Å². The van der Waals surface area contributed by atoms with Crippen LogP contribution in [0, 0.1) is 0 Å². The number of aromatic nitrogens is 1. The van der Waals surface area contributed by atoms with Crippen LogP contribution in [-0.4, -0.2) is 75.1 Å². The Hall–Kier alpha value is -4.27. The maximum absolute atomic E-state index is 12.9. The van der Waals surface area contributed by atoms with Crippen LogP contribution < -0.4 is 14.8 Å². The summed E-state index contributed by atoms with van der Waals surface area (Å²) in [6.07, 6.45) is 6.27. The molecule has 1 aliphatic carbocycles. The number of pyridine rings is 1. The van der Waals surface area contributed by atoms with Crippen LogP contribution in [0.2, 0.25) is 18.1 Å². The van der Waals surface area contributed by atoms with Gasteiger partial charge in [0.25, 0.3) is 5.91 Å². The SMILES string of the molecule is CC(=O)Nc1ccc([C@H](CN(CCc2ccc(-c3ccc(C(=O)NS(C)(=O)=O)c(OC4CCCCC4)c3)cc2)C(=O)O)O[Si](C)(C)C(C)(C)C)cn1. The summed E-state index contributed by atoms with van der Waals surface area (Å²) in [6.45, 7) is 12.4. The number of carbonyl (C=O) groups is 3. The van der Waals surface area contributed by atoms with Crippen molar-refractivity contribution in [1.29, 1.82) is 0 Å². The molecule has 1 saturated carbocycles. The van der Waals surface area contributed by atoms with Crippen LogP contribution in [0.3, 0.4) is 0 Å². The van der Waals surface area contributed by atoms with E-state index >= 15 is 0 Å². The molecule has 14 heteroatoms. The third-order valence-electron chi connectivity index (χ3n) is 9.67. The number of nitrogens with zero attached hydrogens (tertiary/aromatic N) is 2. The second-order valence-corrected chi connectivity index (χ2v) is 21.5. The highest BCUT2D eigenvalue weighted by Crippen LogP contribution is 2.40. The summed E-state index contributed by atoms with van der Waals surface area (Å²) in [6, 6.07) is 16.4. The van der Waals surface area contributed by atoms with Gasteiger partial charge in [0.15, 0.2) is 8.32 Å². The number of hydrogen-bond acceptors (Lipinski definition) is 8. The molecule has 0 spiro atoms. The van der Waals surface area contributed by atoms with Crippen LogP contribution in [0.4, 0.5) is 10.6 Å². The van der Waals surface area contributed by atoms with E-state index in [9.17, 15) is 27.9 Å². The van der Waals surface area contributed by atoms with Gasteiger partial charge in [0.1, 0.15) is 11.6 Å². The molecule has 3 aromatic rings. The number of sulfonamides is 1. The van der Waals surface area contributed by atoms with Crippen molar-refractivity contribution in [3.05, 3.63) is 77.5 Å². The fourth-order valence-corrected chi connectivity index (χ4v) is 7.48. The Morgan fingerprint density at radius 3 is 2.21 bits per heavy atom. The molecule has 3 amide bonds. The second-order valence-electron chi connectivity index (χ2n) is 15.0. The average Bonchev–Trinajstić information content (AvgIpc) is 3.05. The van der Waals surface area contributed by atoms with Gasteiger partial charge in [0.2, 0.25) is 15.9 Å². The first-order chi connectivity index (χ1) is 24.3. The van der Waals surface area contributed by atoms with Crippen LogP contribution in [0.15, 0.2) is 60.8 Å². The summed E-state index contributed by atoms with van der Waals surface area (Å²) in [5.74, 6) is -0.237. The van der Waals surface area contributed by atoms with E-state index in [4.69, 9.17) is 9.16 Å². The van der Waals surface area contributed by atoms with Crippen LogP contribution in [0.25, 0.3) is 11.1 Å². The summed E-state index contributed by atoms with van der Waals surface area (Å²) in [7, 11) is -6.09. The molecule has 0 bridgehead atoms. The number of carbonyl (C=O) groups excluding carboxylic acids is 2. The number of nitrogens with one attached hydrogen (secondary N) is 2. The maximum Gasteiger partial charge on any atom is 0.407 e. The maximum atomic E-state index is 12.9. The number of carboxylic acid groups (broad SMARTS) is 1. The molecule has 0 aliphatic heterocycles. The molecule has 4 rings (SSSR count). The van der Waals surface area contributed by atoms with E-state index in [1.54, 1.807) is 30.5 Å². The zero-order chi connectivity index (χ0) is 38.3. The summed E-state index contributed by atoms with van der Waals surface area (Å²) in [5.41, 5.74) is 3.47. The van der Waals surface area contributed by atoms with Crippen LogP contribution in [-0.2, 0) is 25.7 Å². The van der Waals surface area contributed by atoms with Gasteiger partial charge in [-0.2, -0.15) is 0 Å². The first-order valence-electron chi connectivity index (χ1n) is 17.6. The van der Waals surface area contributed by atoms with Gasteiger partial charge in [0, 0.05) is 19.7 Å². The van der Waals surface area contributed by atoms with Gasteiger partial charge in [-0.3, -0.25) is 9.59 Å². The molecule has 0 radical (unpaired) electrons. The molecule has 12 nitrogen and oxygen atoms in total. The van der Waals surface area contributed by atoms with Crippen molar-refractivity contribution >= 4 is 42.1 Å². The fourth-order valence-electron chi connectivity index (χ4n) is 5.76. The lowest BCUT2D eigenvalue weighted by molar-refractivity contribution is -0.114. The molecule has 1 atom stereocenters. The van der Waals surface area contributed by atoms with E-state index in [1.807, 2.05) is 35.1 Å². The Bertz CT molecular complexity index is 1820. The highest BCUT2D eigenvalue weighted by atomic mass is 32.2. The molecule has 3 N–H and O–H groups in total. The van der Waals surface area contributed by atoms with E-state index in [1.165, 1.54) is 11.8 Å². The summed E-state index contributed by atoms with van der Waals surface area (Å²) in [4.78, 5) is 42.6. The Kier molecular flexibility index (Phi) is 13.3. The van der Waals surface area contributed by atoms with E-state index in [0.29, 0.717) is 18.0 Å². The van der Waals surface area contributed by atoms with Crippen LogP contribution in [0.1, 0.15) is 87.4 Å². The lowest BCUT2D eigenvalue weighted by atomic mass is 9.97. The van der Waals surface area contributed by atoms with E-state index < -0.39 is 36.4 Å². The van der Waals surface area contributed by atoms with Crippen molar-refractivity contribution in [3.63, 3.8) is 0 Å². The van der Waals surface area contributed by atoms with E-state index in [2.05, 4.69) is 44.2 Å². The summed E-state index contributed by atoms with van der Waals surface area (Å²) in [5, 5.41) is 12.8. The van der Waals surface area contributed by atoms with Crippen LogP contribution in [0.5, 0.6) is 5.75 Å². The monoisotopic (exact) mass is 752 g/mol. The lowest BCUT2D eigenvalue weighted by Gasteiger charge is -2.40. The molecule has 0 unspecified atom stereocenters. The standard InChI is InChI=1S/C38H52N4O8SSi/c1-26(43)40-35-20-18-30(24-39-35)34(50-52(6,7)38(2,3)4)25-42(37(45)46)22-21-27-13-15-28(16-14-27)29-17-19-32(36(44)41-51(5,47)48)33(23-29)49-31-11-9-8-10-12-31/h13-20,23-24,31,34H,8-12,21-22,25H2,1-7H3,(H,41,44)(H,45,46)(H,39,40,43)/t34-/m0/s1. The molecule has 2 aromatic carbocycles. The molecular weight excluding hydrogens is 701 g/mol. The van der Waals surface area contributed by atoms with Crippen molar-refractivity contribution in [1.82, 2.24) is 14.6 Å². The minimum absolute atomic E-state index is 0.0559. The van der Waals surface area contributed by atoms with Crippen molar-refractivity contribution in [2.45, 2.75) is 96.6 Å². The average molecular weight is 753 g/mol. The minimum Gasteiger partial charge on any atom is -0.490 e. The van der Waals surface area contributed by atoms with Gasteiger partial charge >= 0.3 is 6.09 Å². The number of benzene rings is 2. The third-order valence-corrected chi connectivity index (χ3v) is 14.7. The Morgan fingerprint density at radius 1 is 1.00 bits per heavy atom. The van der Waals surface area contributed by atoms with Crippen molar-refractivity contribution in [2.75, 3.05) is 24.7 Å². The van der Waals surface area contributed by atoms with E-state index in [0.717, 1.165) is 60.6 Å². The van der Waals surface area contributed by atoms with Crippen molar-refractivity contribution in [2.24, 2.45) is 0 Å². The smallest absolute Gasteiger partial charge is 0.407 e. The molecular formula is C38H52N4O8SSi. The first-order valence-corrected chi connectivity index (χ1v) is 22.4. The zero-order valence-corrected chi connectivity index (χ0v) is 33.0. The highest BCUT2D eigenvalue weighted by Gasteiger charge is 2.40. The largest absolute Gasteiger partial charge is 0.490 e. The molecule has 1 aromatic heterocycles. The van der Waals surface area contributed by atoms with Gasteiger partial charge in [-0.1, -0.05) is 63.6 Å². The summed E-state index contributed by atoms with van der Waals surface area (Å²) >= 11 is 0. The normalized spacial score (nSPS) is 14.7. The Labute approximate surface area is 308 Å². The number of rotatable bonds is 14. The number of ether oxygens (including phenoxy) is 1. The predicted molar refractivity (Wildman–Crippen MR) is 205 cm³/mol. The van der Waals surface area contributed by atoms with Gasteiger partial charge in [-0.15, -0.1) is 0 Å². The predicted octanol–water partition coefficient (Wildman–Crippen LogP) is 7.39. The molecule has 282 valence electrons. The highest BCUT2D eigenvalue weighted by molar-refractivity contribution is 7.89. The fraction of sp³-hybridized carbons (Fsp3) is 0.474. The van der Waals surface area contributed by atoms with Gasteiger partial charge in [-0.05, 0) is 90.7 Å². The van der Waals surface area contributed by atoms with E-state index in [-0.39, 0.29) is 35.7 Å². The zero-order valence-electron chi connectivity index (χ0n) is 31.2.